The predicted molar refractivity (Wildman–Crippen MR) is 135 cm³/mol. The van der Waals surface area contributed by atoms with Crippen LogP contribution in [0.4, 0.5) is 0 Å². The molecule has 0 atom stereocenters. The van der Waals surface area contributed by atoms with Crippen molar-refractivity contribution in [1.29, 1.82) is 0 Å². The van der Waals surface area contributed by atoms with Gasteiger partial charge in [0.2, 0.25) is 0 Å². The van der Waals surface area contributed by atoms with E-state index in [4.69, 9.17) is 8.85 Å². The normalized spacial score (nSPS) is 14.4. The third kappa shape index (κ3) is 24.8. The molecule has 0 spiro atoms. The van der Waals surface area contributed by atoms with E-state index in [0.29, 0.717) is 0 Å². The quantitative estimate of drug-likeness (QED) is 0.237. The van der Waals surface area contributed by atoms with E-state index >= 15 is 0 Å². The van der Waals surface area contributed by atoms with Gasteiger partial charge in [0, 0.05) is 13.2 Å². The Morgan fingerprint density at radius 3 is 1.34 bits per heavy atom. The molecule has 2 aliphatic rings. The summed E-state index contributed by atoms with van der Waals surface area (Å²) in [6.07, 6.45) is 19.2. The molecule has 0 heterocycles. The summed E-state index contributed by atoms with van der Waals surface area (Å²) in [5.41, 5.74) is 2.63. The van der Waals surface area contributed by atoms with Gasteiger partial charge < -0.3 is 8.85 Å². The van der Waals surface area contributed by atoms with Gasteiger partial charge in [-0.15, -0.1) is 37.7 Å². The minimum Gasteiger partial charge on any atom is -0.417 e. The first-order chi connectivity index (χ1) is 12.6. The molecule has 0 aliphatic heterocycles. The number of halogens is 2. The average Bonchev–Trinajstić information content (AvgIpc) is 3.19. The Labute approximate surface area is 209 Å². The molecule has 29 heavy (non-hydrogen) atoms. The Kier molecular flexibility index (Phi) is 22.9. The van der Waals surface area contributed by atoms with Crippen molar-refractivity contribution in [3.63, 3.8) is 0 Å². The average molecular weight is 555 g/mol. The summed E-state index contributed by atoms with van der Waals surface area (Å²) >= 11 is 1.51. The molecule has 0 amide bonds. The van der Waals surface area contributed by atoms with Crippen molar-refractivity contribution in [2.75, 3.05) is 13.2 Å². The first kappa shape index (κ1) is 34.3. The van der Waals surface area contributed by atoms with E-state index in [0.717, 1.165) is 38.9 Å². The van der Waals surface area contributed by atoms with Crippen molar-refractivity contribution in [2.24, 2.45) is 0 Å². The Hall–Kier alpha value is 0.647. The van der Waals surface area contributed by atoms with Gasteiger partial charge in [0.1, 0.15) is 0 Å². The molecule has 0 fully saturated rings. The number of allylic oxidation sites excluding steroid dienone is 6. The van der Waals surface area contributed by atoms with Crippen molar-refractivity contribution in [1.82, 2.24) is 0 Å². The SMILES string of the molecule is C[CH]=[Zr+2].C[Si](C)(C)OCCC1=[C-]CC=C1.C[Si](C)(C)OCCC1=[C-]CC=C1.Cl.Cl. The predicted octanol–water partition coefficient (Wildman–Crippen LogP) is 7.03. The van der Waals surface area contributed by atoms with Crippen molar-refractivity contribution in [3.8, 4) is 0 Å². The van der Waals surface area contributed by atoms with Crippen molar-refractivity contribution < 1.29 is 33.1 Å². The maximum absolute atomic E-state index is 5.74. The molecular weight excluding hydrogens is 515 g/mol. The molecule has 7 heteroatoms. The van der Waals surface area contributed by atoms with Gasteiger partial charge in [-0.25, -0.2) is 23.3 Å². The zero-order valence-electron chi connectivity index (χ0n) is 19.3. The van der Waals surface area contributed by atoms with Crippen LogP contribution in [0.15, 0.2) is 35.5 Å². The van der Waals surface area contributed by atoms with E-state index in [-0.39, 0.29) is 24.8 Å². The molecule has 2 rings (SSSR count). The van der Waals surface area contributed by atoms with E-state index in [1.165, 1.54) is 35.4 Å². The van der Waals surface area contributed by atoms with Crippen LogP contribution in [0.5, 0.6) is 0 Å². The molecule has 166 valence electrons. The van der Waals surface area contributed by atoms with Crippen molar-refractivity contribution >= 4 is 45.2 Å². The first-order valence-electron chi connectivity index (χ1n) is 9.83. The van der Waals surface area contributed by atoms with Crippen LogP contribution in [0.2, 0.25) is 39.3 Å². The van der Waals surface area contributed by atoms with E-state index in [1.807, 2.05) is 6.92 Å². The maximum Gasteiger partial charge on any atom is 0.183 e. The fourth-order valence-corrected chi connectivity index (χ4v) is 3.61. The molecular formula is C22H40Cl2O2Si2Zr. The molecule has 0 N–H and O–H groups in total. The summed E-state index contributed by atoms with van der Waals surface area (Å²) in [5.74, 6) is 0. The summed E-state index contributed by atoms with van der Waals surface area (Å²) in [4.78, 5) is 0. The summed E-state index contributed by atoms with van der Waals surface area (Å²) in [6, 6.07) is 0. The van der Waals surface area contributed by atoms with Gasteiger partial charge in [-0.2, -0.15) is 12.2 Å². The third-order valence-electron chi connectivity index (χ3n) is 3.34. The zero-order chi connectivity index (χ0) is 20.8. The van der Waals surface area contributed by atoms with Gasteiger partial charge in [-0.3, -0.25) is 12.2 Å². The molecule has 2 nitrogen and oxygen atoms in total. The second-order valence-electron chi connectivity index (χ2n) is 8.33. The summed E-state index contributed by atoms with van der Waals surface area (Å²) in [5, 5.41) is 0. The van der Waals surface area contributed by atoms with Gasteiger partial charge in [0.05, 0.1) is 0 Å². The topological polar surface area (TPSA) is 18.5 Å². The largest absolute Gasteiger partial charge is 0.417 e. The van der Waals surface area contributed by atoms with E-state index in [9.17, 15) is 0 Å². The van der Waals surface area contributed by atoms with Crippen LogP contribution in [-0.4, -0.2) is 33.6 Å². The summed E-state index contributed by atoms with van der Waals surface area (Å²) < 4.78 is 13.6. The van der Waals surface area contributed by atoms with Gasteiger partial charge in [-0.1, -0.05) is 0 Å². The van der Waals surface area contributed by atoms with Gasteiger partial charge in [-0.05, 0) is 52.1 Å². The van der Waals surface area contributed by atoms with Crippen LogP contribution in [0.1, 0.15) is 32.6 Å². The number of rotatable bonds is 8. The van der Waals surface area contributed by atoms with E-state index < -0.39 is 16.6 Å². The fraction of sp³-hybridized carbons (Fsp3) is 0.591. The molecule has 0 saturated heterocycles. The van der Waals surface area contributed by atoms with E-state index in [2.05, 4.69) is 79.4 Å². The Morgan fingerprint density at radius 2 is 1.14 bits per heavy atom. The second-order valence-corrected chi connectivity index (χ2v) is 18.8. The first-order valence-corrected chi connectivity index (χ1v) is 18.1. The van der Waals surface area contributed by atoms with Crippen LogP contribution in [0, 0.1) is 12.2 Å². The standard InChI is InChI=1S/2C10H17OSi.C2H4.2ClH.Zr/c2*1-12(2,3)11-9-8-10-6-4-5-7-10;1-2;;;/h2*4,6H,5,8-9H2,1-3H3;1H,2H3;2*1H;/q2*-1;;;;+2. The minimum absolute atomic E-state index is 0. The molecule has 0 aromatic carbocycles. The van der Waals surface area contributed by atoms with Crippen LogP contribution in [0.3, 0.4) is 0 Å². The Balaban J connectivity index is -0.000000387. The van der Waals surface area contributed by atoms with Crippen LogP contribution in [0.25, 0.3) is 0 Å². The van der Waals surface area contributed by atoms with Crippen molar-refractivity contribution in [2.45, 2.75) is 71.9 Å². The second kappa shape index (κ2) is 19.3. The smallest absolute Gasteiger partial charge is 0.183 e. The molecule has 0 radical (unpaired) electrons. The van der Waals surface area contributed by atoms with Gasteiger partial charge in [0.25, 0.3) is 0 Å². The van der Waals surface area contributed by atoms with Gasteiger partial charge in [0.15, 0.2) is 16.6 Å². The molecule has 0 aromatic rings. The van der Waals surface area contributed by atoms with E-state index in [1.54, 1.807) is 0 Å². The number of hydrogen-bond donors (Lipinski definition) is 0. The van der Waals surface area contributed by atoms with Crippen LogP contribution in [-0.2, 0) is 33.1 Å². The maximum atomic E-state index is 5.74. The van der Waals surface area contributed by atoms with Crippen LogP contribution < -0.4 is 0 Å². The Bertz CT molecular complexity index is 500. The number of hydrogen-bond acceptors (Lipinski definition) is 2. The minimum atomic E-state index is -1.29. The fourth-order valence-electron chi connectivity index (χ4n) is 2.18. The van der Waals surface area contributed by atoms with Gasteiger partial charge >= 0.3 is 34.9 Å². The summed E-state index contributed by atoms with van der Waals surface area (Å²) in [6.45, 7) is 17.1. The summed E-state index contributed by atoms with van der Waals surface area (Å²) in [7, 11) is -2.59. The molecule has 0 bridgehead atoms. The molecule has 0 aromatic heterocycles. The van der Waals surface area contributed by atoms with Crippen molar-refractivity contribution in [3.05, 3.63) is 47.6 Å². The molecule has 0 saturated carbocycles. The molecule has 0 unspecified atom stereocenters. The Morgan fingerprint density at radius 1 is 0.828 bits per heavy atom. The molecule has 2 aliphatic carbocycles. The monoisotopic (exact) mass is 552 g/mol. The third-order valence-corrected chi connectivity index (χ3v) is 5.49. The van der Waals surface area contributed by atoms with Crippen LogP contribution >= 0.6 is 24.8 Å². The zero-order valence-corrected chi connectivity index (χ0v) is 25.4.